The highest BCUT2D eigenvalue weighted by Gasteiger charge is 2.30. The fourth-order valence-electron chi connectivity index (χ4n) is 3.35. The van der Waals surface area contributed by atoms with Crippen molar-refractivity contribution < 1.29 is 24.3 Å². The molecular weight excluding hydrogens is 348 g/mol. The molecule has 0 aromatic heterocycles. The van der Waals surface area contributed by atoms with Gasteiger partial charge in [0, 0.05) is 37.2 Å². The molecule has 7 nitrogen and oxygen atoms in total. The predicted octanol–water partition coefficient (Wildman–Crippen LogP) is 0.924. The van der Waals surface area contributed by atoms with Crippen molar-refractivity contribution in [3.8, 4) is 0 Å². The van der Waals surface area contributed by atoms with Crippen molar-refractivity contribution in [2.45, 2.75) is 25.7 Å². The van der Waals surface area contributed by atoms with Gasteiger partial charge in [-0.05, 0) is 22.1 Å². The number of fused-ring (bicyclic) bond motifs is 2. The molecule has 4 rings (SSSR count). The normalized spacial score (nSPS) is 20.9. The van der Waals surface area contributed by atoms with Gasteiger partial charge in [0.05, 0.1) is 4.92 Å². The lowest BCUT2D eigenvalue weighted by Crippen LogP contribution is -2.42. The lowest BCUT2D eigenvalue weighted by atomic mass is 9.71. The second kappa shape index (κ2) is 8.22. The van der Waals surface area contributed by atoms with Crippen molar-refractivity contribution in [2.24, 2.45) is 0 Å². The molecule has 9 heteroatoms. The van der Waals surface area contributed by atoms with Crippen LogP contribution in [0.5, 0.6) is 0 Å². The van der Waals surface area contributed by atoms with Gasteiger partial charge >= 0.3 is 14.2 Å². The van der Waals surface area contributed by atoms with Gasteiger partial charge in [-0.15, -0.1) is 0 Å². The summed E-state index contributed by atoms with van der Waals surface area (Å²) in [6, 6.07) is 12.4. The third-order valence-electron chi connectivity index (χ3n) is 4.88. The van der Waals surface area contributed by atoms with E-state index in [2.05, 4.69) is 6.92 Å². The van der Waals surface area contributed by atoms with Gasteiger partial charge in [-0.2, -0.15) is 0 Å². The fourth-order valence-corrected chi connectivity index (χ4v) is 3.35. The van der Waals surface area contributed by atoms with Crippen LogP contribution in [0.3, 0.4) is 0 Å². The van der Waals surface area contributed by atoms with Crippen LogP contribution >= 0.6 is 0 Å². The SMILES string of the molecule is CC1COB(O)c2cc([N+](=O)[O-])ccc21.CC1COB(O)c2ccccc21. The quantitative estimate of drug-likeness (QED) is 0.441. The van der Waals surface area contributed by atoms with Gasteiger partial charge in [0.15, 0.2) is 0 Å². The standard InChI is InChI=1S/C9H10BNO4.C9H11BO2/c1-6-5-15-10(12)9-4-7(11(13)14)2-3-8(6)9;1-7-6-12-10(11)9-5-3-2-4-8(7)9/h2-4,6,12H,5H2,1H3;2-5,7,11H,6H2,1H3. The Morgan fingerprint density at radius 1 is 0.963 bits per heavy atom. The molecule has 0 amide bonds. The van der Waals surface area contributed by atoms with Crippen LogP contribution in [-0.2, 0) is 9.31 Å². The van der Waals surface area contributed by atoms with Crippen LogP contribution in [0.15, 0.2) is 42.5 Å². The molecule has 2 aliphatic heterocycles. The molecule has 2 atom stereocenters. The maximum Gasteiger partial charge on any atom is 0.491 e. The topological polar surface area (TPSA) is 102 Å². The second-order valence-corrected chi connectivity index (χ2v) is 6.87. The zero-order chi connectivity index (χ0) is 19.6. The van der Waals surface area contributed by atoms with Gasteiger partial charge < -0.3 is 19.4 Å². The zero-order valence-corrected chi connectivity index (χ0v) is 15.2. The number of hydrogen-bond donors (Lipinski definition) is 2. The molecule has 2 N–H and O–H groups in total. The van der Waals surface area contributed by atoms with Crippen LogP contribution in [0.4, 0.5) is 5.69 Å². The van der Waals surface area contributed by atoms with Crippen molar-refractivity contribution in [3.63, 3.8) is 0 Å². The summed E-state index contributed by atoms with van der Waals surface area (Å²) in [5, 5.41) is 29.6. The van der Waals surface area contributed by atoms with Gasteiger partial charge in [-0.25, -0.2) is 0 Å². The molecule has 2 aliphatic rings. The predicted molar refractivity (Wildman–Crippen MR) is 103 cm³/mol. The van der Waals surface area contributed by atoms with E-state index in [0.29, 0.717) is 24.6 Å². The number of rotatable bonds is 1. The Morgan fingerprint density at radius 2 is 1.52 bits per heavy atom. The molecule has 2 aromatic carbocycles. The van der Waals surface area contributed by atoms with E-state index < -0.39 is 19.2 Å². The van der Waals surface area contributed by atoms with E-state index in [1.165, 1.54) is 17.7 Å². The largest absolute Gasteiger partial charge is 0.491 e. The molecule has 0 aliphatic carbocycles. The van der Waals surface area contributed by atoms with E-state index in [9.17, 15) is 20.2 Å². The first-order valence-electron chi connectivity index (χ1n) is 8.85. The van der Waals surface area contributed by atoms with Crippen LogP contribution in [0, 0.1) is 10.1 Å². The van der Waals surface area contributed by atoms with Gasteiger partial charge in [0.25, 0.3) is 5.69 Å². The van der Waals surface area contributed by atoms with Crippen LogP contribution in [0.1, 0.15) is 36.8 Å². The van der Waals surface area contributed by atoms with Crippen LogP contribution < -0.4 is 10.9 Å². The average Bonchev–Trinajstić information content (AvgIpc) is 2.68. The summed E-state index contributed by atoms with van der Waals surface area (Å²) >= 11 is 0. The van der Waals surface area contributed by atoms with Crippen molar-refractivity contribution in [2.75, 3.05) is 13.2 Å². The lowest BCUT2D eigenvalue weighted by Gasteiger charge is -2.24. The average molecular weight is 369 g/mol. The Balaban J connectivity index is 0.000000159. The highest BCUT2D eigenvalue weighted by molar-refractivity contribution is 6.61. The van der Waals surface area contributed by atoms with Crippen LogP contribution in [-0.4, -0.2) is 42.4 Å². The van der Waals surface area contributed by atoms with Crippen molar-refractivity contribution in [1.29, 1.82) is 0 Å². The number of nitro benzene ring substituents is 1. The molecule has 0 spiro atoms. The van der Waals surface area contributed by atoms with Gasteiger partial charge in [-0.3, -0.25) is 10.1 Å². The van der Waals surface area contributed by atoms with Gasteiger partial charge in [0.2, 0.25) is 0 Å². The zero-order valence-electron chi connectivity index (χ0n) is 15.2. The minimum Gasteiger partial charge on any atom is -0.423 e. The molecule has 0 fully saturated rings. The third kappa shape index (κ3) is 4.22. The first kappa shape index (κ1) is 19.6. The Bertz CT molecular complexity index is 804. The molecular formula is C18H21B2NO6. The Hall–Kier alpha value is -2.19. The van der Waals surface area contributed by atoms with E-state index in [4.69, 9.17) is 9.31 Å². The number of nitrogens with zero attached hydrogens (tertiary/aromatic N) is 1. The van der Waals surface area contributed by atoms with E-state index in [1.807, 2.05) is 31.2 Å². The van der Waals surface area contributed by atoms with Crippen LogP contribution in [0.2, 0.25) is 0 Å². The number of hydrogen-bond acceptors (Lipinski definition) is 6. The molecule has 2 unspecified atom stereocenters. The van der Waals surface area contributed by atoms with Crippen LogP contribution in [0.25, 0.3) is 0 Å². The lowest BCUT2D eigenvalue weighted by molar-refractivity contribution is -0.384. The van der Waals surface area contributed by atoms with E-state index >= 15 is 0 Å². The number of nitro groups is 1. The number of benzene rings is 2. The molecule has 2 aromatic rings. The van der Waals surface area contributed by atoms with E-state index in [-0.39, 0.29) is 11.6 Å². The van der Waals surface area contributed by atoms with Gasteiger partial charge in [0.1, 0.15) is 0 Å². The summed E-state index contributed by atoms with van der Waals surface area (Å²) in [7, 11) is -1.77. The molecule has 140 valence electrons. The molecule has 27 heavy (non-hydrogen) atoms. The second-order valence-electron chi connectivity index (χ2n) is 6.87. The maximum absolute atomic E-state index is 10.6. The first-order valence-corrected chi connectivity index (χ1v) is 8.85. The Morgan fingerprint density at radius 3 is 2.11 bits per heavy atom. The van der Waals surface area contributed by atoms with E-state index in [1.54, 1.807) is 6.07 Å². The first-order chi connectivity index (χ1) is 12.9. The monoisotopic (exact) mass is 369 g/mol. The summed E-state index contributed by atoms with van der Waals surface area (Å²) in [6.45, 7) is 5.10. The van der Waals surface area contributed by atoms with Crippen molar-refractivity contribution >= 4 is 30.8 Å². The summed E-state index contributed by atoms with van der Waals surface area (Å²) in [5.74, 6) is 0.550. The molecule has 0 bridgehead atoms. The molecule has 0 saturated heterocycles. The molecule has 0 saturated carbocycles. The molecule has 0 radical (unpaired) electrons. The fraction of sp³-hybridized carbons (Fsp3) is 0.333. The van der Waals surface area contributed by atoms with Gasteiger partial charge in [-0.1, -0.05) is 44.2 Å². The Labute approximate surface area is 158 Å². The summed E-state index contributed by atoms with van der Waals surface area (Å²) in [6.07, 6.45) is 0. The highest BCUT2D eigenvalue weighted by atomic mass is 16.6. The maximum atomic E-state index is 10.6. The summed E-state index contributed by atoms with van der Waals surface area (Å²) in [5.41, 5.74) is 3.51. The summed E-state index contributed by atoms with van der Waals surface area (Å²) in [4.78, 5) is 10.1. The number of non-ortho nitro benzene ring substituents is 1. The van der Waals surface area contributed by atoms with Crippen molar-refractivity contribution in [3.05, 3.63) is 63.7 Å². The minimum absolute atomic E-state index is 0.0227. The summed E-state index contributed by atoms with van der Waals surface area (Å²) < 4.78 is 10.3. The highest BCUT2D eigenvalue weighted by Crippen LogP contribution is 2.22. The Kier molecular flexibility index (Phi) is 5.96. The third-order valence-corrected chi connectivity index (χ3v) is 4.88. The van der Waals surface area contributed by atoms with Crippen molar-refractivity contribution in [1.82, 2.24) is 0 Å². The minimum atomic E-state index is -1.05. The molecule has 2 heterocycles. The van der Waals surface area contributed by atoms with E-state index in [0.717, 1.165) is 11.0 Å². The smallest absolute Gasteiger partial charge is 0.423 e.